The lowest BCUT2D eigenvalue weighted by Gasteiger charge is -2.12. The molecule has 1 rings (SSSR count). The molecule has 126 valence electrons. The predicted octanol–water partition coefficient (Wildman–Crippen LogP) is 3.37. The Balaban J connectivity index is 3.67. The van der Waals surface area contributed by atoms with Crippen molar-refractivity contribution in [2.24, 2.45) is 0 Å². The van der Waals surface area contributed by atoms with Crippen molar-refractivity contribution in [3.05, 3.63) is 37.4 Å². The number of anilines is 1. The molecule has 0 saturated carbocycles. The normalized spacial score (nSPS) is 10.3. The molecular weight excluding hydrogens is 306 g/mol. The summed E-state index contributed by atoms with van der Waals surface area (Å²) in [5.41, 5.74) is -1.72. The highest BCUT2D eigenvalue weighted by Crippen LogP contribution is 2.40. The lowest BCUT2D eigenvalue weighted by atomic mass is 9.98. The standard InChI is InChI=1S/C14H19N3O6/c1-3-5-7-15-12-11(16(20)21)8-10(14(18)19)9(6-4-2)13(12)17(22)23/h8,15H,3-7H2,1-2H3,(H,18,19). The summed E-state index contributed by atoms with van der Waals surface area (Å²) in [6, 6.07) is 0.897. The summed E-state index contributed by atoms with van der Waals surface area (Å²) in [7, 11) is 0. The second-order valence-electron chi connectivity index (χ2n) is 5.00. The number of carboxylic acid groups (broad SMARTS) is 1. The van der Waals surface area contributed by atoms with Crippen LogP contribution in [0.5, 0.6) is 0 Å². The van der Waals surface area contributed by atoms with Crippen LogP contribution in [0.2, 0.25) is 0 Å². The van der Waals surface area contributed by atoms with Crippen LogP contribution in [0.4, 0.5) is 17.1 Å². The van der Waals surface area contributed by atoms with Gasteiger partial charge in [-0.25, -0.2) is 4.79 Å². The monoisotopic (exact) mass is 325 g/mol. The Kier molecular flexibility index (Phi) is 6.43. The molecule has 0 atom stereocenters. The van der Waals surface area contributed by atoms with E-state index in [0.29, 0.717) is 19.4 Å². The predicted molar refractivity (Wildman–Crippen MR) is 84.1 cm³/mol. The van der Waals surface area contributed by atoms with E-state index in [1.54, 1.807) is 6.92 Å². The SMILES string of the molecule is CCCCNc1c([N+](=O)[O-])cc(C(=O)O)c(CCC)c1[N+](=O)[O-]. The van der Waals surface area contributed by atoms with E-state index >= 15 is 0 Å². The first-order valence-corrected chi connectivity index (χ1v) is 7.30. The van der Waals surface area contributed by atoms with Gasteiger partial charge in [0.2, 0.25) is 0 Å². The lowest BCUT2D eigenvalue weighted by Crippen LogP contribution is -2.13. The first kappa shape index (κ1) is 18.3. The quantitative estimate of drug-likeness (QED) is 0.403. The zero-order valence-corrected chi connectivity index (χ0v) is 13.0. The molecule has 23 heavy (non-hydrogen) atoms. The van der Waals surface area contributed by atoms with Gasteiger partial charge in [0.25, 0.3) is 5.69 Å². The number of rotatable bonds is 9. The van der Waals surface area contributed by atoms with Crippen molar-refractivity contribution >= 4 is 23.0 Å². The number of hydrogen-bond acceptors (Lipinski definition) is 6. The van der Waals surface area contributed by atoms with Crippen LogP contribution < -0.4 is 5.32 Å². The number of carbonyl (C=O) groups is 1. The number of nitro benzene ring substituents is 2. The first-order valence-electron chi connectivity index (χ1n) is 7.30. The molecule has 0 aliphatic heterocycles. The third-order valence-electron chi connectivity index (χ3n) is 3.33. The second-order valence-corrected chi connectivity index (χ2v) is 5.00. The van der Waals surface area contributed by atoms with Gasteiger partial charge in [0.15, 0.2) is 5.69 Å². The molecule has 0 unspecified atom stereocenters. The number of hydrogen-bond donors (Lipinski definition) is 2. The van der Waals surface area contributed by atoms with Crippen LogP contribution in [0.3, 0.4) is 0 Å². The fourth-order valence-corrected chi connectivity index (χ4v) is 2.30. The summed E-state index contributed by atoms with van der Waals surface area (Å²) in [6.07, 6.45) is 2.12. The molecule has 0 aliphatic carbocycles. The van der Waals surface area contributed by atoms with E-state index in [1.807, 2.05) is 6.92 Å². The fourth-order valence-electron chi connectivity index (χ4n) is 2.30. The maximum atomic E-state index is 11.4. The second kappa shape index (κ2) is 8.06. The topological polar surface area (TPSA) is 136 Å². The highest BCUT2D eigenvalue weighted by atomic mass is 16.6. The summed E-state index contributed by atoms with van der Waals surface area (Å²) in [6.45, 7) is 4.00. The molecular formula is C14H19N3O6. The molecule has 0 aromatic heterocycles. The van der Waals surface area contributed by atoms with Gasteiger partial charge < -0.3 is 10.4 Å². The third kappa shape index (κ3) is 4.15. The zero-order valence-electron chi connectivity index (χ0n) is 13.0. The molecule has 0 saturated heterocycles. The third-order valence-corrected chi connectivity index (χ3v) is 3.33. The number of nitrogens with one attached hydrogen (secondary N) is 1. The smallest absolute Gasteiger partial charge is 0.336 e. The van der Waals surface area contributed by atoms with Gasteiger partial charge in [0.1, 0.15) is 0 Å². The average Bonchev–Trinajstić information content (AvgIpc) is 2.46. The van der Waals surface area contributed by atoms with E-state index in [9.17, 15) is 30.1 Å². The van der Waals surface area contributed by atoms with E-state index < -0.39 is 32.8 Å². The Labute approximate surface area is 132 Å². The molecule has 0 aliphatic rings. The van der Waals surface area contributed by atoms with Gasteiger partial charge in [-0.15, -0.1) is 0 Å². The van der Waals surface area contributed by atoms with Gasteiger partial charge in [0.05, 0.1) is 15.4 Å². The maximum absolute atomic E-state index is 11.4. The Hall–Kier alpha value is -2.71. The van der Waals surface area contributed by atoms with E-state index in [1.165, 1.54) is 0 Å². The summed E-state index contributed by atoms with van der Waals surface area (Å²) < 4.78 is 0. The molecule has 0 amide bonds. The van der Waals surface area contributed by atoms with Crippen molar-refractivity contribution in [1.29, 1.82) is 0 Å². The van der Waals surface area contributed by atoms with Crippen LogP contribution in [0.1, 0.15) is 49.0 Å². The molecule has 9 nitrogen and oxygen atoms in total. The molecule has 0 radical (unpaired) electrons. The lowest BCUT2D eigenvalue weighted by molar-refractivity contribution is -0.392. The van der Waals surface area contributed by atoms with Crippen LogP contribution in [-0.4, -0.2) is 27.5 Å². The van der Waals surface area contributed by atoms with E-state index in [2.05, 4.69) is 5.32 Å². The van der Waals surface area contributed by atoms with Crippen molar-refractivity contribution in [2.45, 2.75) is 39.5 Å². The van der Waals surface area contributed by atoms with Gasteiger partial charge in [-0.3, -0.25) is 20.2 Å². The minimum atomic E-state index is -1.42. The van der Waals surface area contributed by atoms with Gasteiger partial charge in [-0.05, 0) is 12.8 Å². The number of nitro groups is 2. The van der Waals surface area contributed by atoms with Gasteiger partial charge in [-0.1, -0.05) is 26.7 Å². The first-order chi connectivity index (χ1) is 10.8. The number of carboxylic acids is 1. The average molecular weight is 325 g/mol. The van der Waals surface area contributed by atoms with Crippen molar-refractivity contribution in [2.75, 3.05) is 11.9 Å². The van der Waals surface area contributed by atoms with Crippen LogP contribution in [0, 0.1) is 20.2 Å². The molecule has 0 spiro atoms. The van der Waals surface area contributed by atoms with Gasteiger partial charge in [-0.2, -0.15) is 0 Å². The molecule has 1 aromatic rings. The molecule has 0 heterocycles. The zero-order chi connectivity index (χ0) is 17.6. The number of aromatic carboxylic acids is 1. The van der Waals surface area contributed by atoms with Crippen molar-refractivity contribution < 1.29 is 19.7 Å². The number of nitrogens with zero attached hydrogens (tertiary/aromatic N) is 2. The Bertz CT molecular complexity index is 629. The molecule has 9 heteroatoms. The van der Waals surface area contributed by atoms with E-state index in [0.717, 1.165) is 12.5 Å². The van der Waals surface area contributed by atoms with Crippen LogP contribution in [0.15, 0.2) is 6.07 Å². The molecule has 0 fully saturated rings. The van der Waals surface area contributed by atoms with Crippen molar-refractivity contribution in [3.63, 3.8) is 0 Å². The molecule has 0 bridgehead atoms. The highest BCUT2D eigenvalue weighted by Gasteiger charge is 2.33. The molecule has 2 N–H and O–H groups in total. The summed E-state index contributed by atoms with van der Waals surface area (Å²) in [4.78, 5) is 32.5. The Morgan fingerprint density at radius 3 is 2.30 bits per heavy atom. The number of benzene rings is 1. The van der Waals surface area contributed by atoms with Crippen LogP contribution in [-0.2, 0) is 6.42 Å². The Morgan fingerprint density at radius 2 is 1.87 bits per heavy atom. The summed E-state index contributed by atoms with van der Waals surface area (Å²) in [5, 5.41) is 34.7. The minimum Gasteiger partial charge on any atom is -0.478 e. The van der Waals surface area contributed by atoms with Gasteiger partial charge >= 0.3 is 11.7 Å². The van der Waals surface area contributed by atoms with E-state index in [4.69, 9.17) is 0 Å². The van der Waals surface area contributed by atoms with Gasteiger partial charge in [0, 0.05) is 18.2 Å². The fraction of sp³-hybridized carbons (Fsp3) is 0.500. The van der Waals surface area contributed by atoms with Crippen LogP contribution in [0.25, 0.3) is 0 Å². The minimum absolute atomic E-state index is 0.00889. The summed E-state index contributed by atoms with van der Waals surface area (Å²) in [5.74, 6) is -1.42. The van der Waals surface area contributed by atoms with Crippen molar-refractivity contribution in [1.82, 2.24) is 0 Å². The summed E-state index contributed by atoms with van der Waals surface area (Å²) >= 11 is 0. The maximum Gasteiger partial charge on any atom is 0.336 e. The van der Waals surface area contributed by atoms with Crippen LogP contribution >= 0.6 is 0 Å². The largest absolute Gasteiger partial charge is 0.478 e. The molecule has 1 aromatic carbocycles. The van der Waals surface area contributed by atoms with E-state index in [-0.39, 0.29) is 17.7 Å². The Morgan fingerprint density at radius 1 is 1.22 bits per heavy atom. The van der Waals surface area contributed by atoms with Crippen molar-refractivity contribution in [3.8, 4) is 0 Å². The number of unbranched alkanes of at least 4 members (excludes halogenated alkanes) is 1. The highest BCUT2D eigenvalue weighted by molar-refractivity contribution is 5.95.